The van der Waals surface area contributed by atoms with Crippen molar-refractivity contribution in [2.24, 2.45) is 5.73 Å². The van der Waals surface area contributed by atoms with E-state index in [2.05, 4.69) is 11.9 Å². The summed E-state index contributed by atoms with van der Waals surface area (Å²) >= 11 is 6.25. The van der Waals surface area contributed by atoms with Gasteiger partial charge >= 0.3 is 0 Å². The number of rotatable bonds is 5. The number of halogens is 1. The van der Waals surface area contributed by atoms with E-state index in [-0.39, 0.29) is 6.04 Å². The van der Waals surface area contributed by atoms with E-state index < -0.39 is 0 Å². The first-order valence-corrected chi connectivity index (χ1v) is 6.68. The lowest BCUT2D eigenvalue weighted by molar-refractivity contribution is 0.480. The Morgan fingerprint density at radius 1 is 1.32 bits per heavy atom. The van der Waals surface area contributed by atoms with Crippen molar-refractivity contribution in [2.75, 3.05) is 0 Å². The molecular formula is C15H17ClN2O. The second-order valence-electron chi connectivity index (χ2n) is 4.42. The fraction of sp³-hybridized carbons (Fsp3) is 0.267. The quantitative estimate of drug-likeness (QED) is 0.903. The number of pyridine rings is 1. The second-order valence-corrected chi connectivity index (χ2v) is 4.82. The summed E-state index contributed by atoms with van der Waals surface area (Å²) in [6, 6.07) is 9.49. The normalized spacial score (nSPS) is 12.2. The van der Waals surface area contributed by atoms with Crippen LogP contribution in [0.3, 0.4) is 0 Å². The lowest BCUT2D eigenvalue weighted by Gasteiger charge is -2.12. The minimum atomic E-state index is 0.141. The maximum Gasteiger partial charge on any atom is 0.145 e. The van der Waals surface area contributed by atoms with Crippen molar-refractivity contribution in [3.8, 4) is 11.5 Å². The van der Waals surface area contributed by atoms with Crippen molar-refractivity contribution in [3.63, 3.8) is 0 Å². The molecule has 19 heavy (non-hydrogen) atoms. The van der Waals surface area contributed by atoms with Gasteiger partial charge in [-0.1, -0.05) is 24.6 Å². The number of aromatic nitrogens is 1. The molecule has 1 aromatic carbocycles. The van der Waals surface area contributed by atoms with Gasteiger partial charge in [0, 0.05) is 17.3 Å². The third kappa shape index (κ3) is 3.94. The molecule has 2 aromatic rings. The molecule has 1 aromatic heterocycles. The van der Waals surface area contributed by atoms with Gasteiger partial charge in [0.05, 0.1) is 6.20 Å². The van der Waals surface area contributed by atoms with Gasteiger partial charge in [-0.25, -0.2) is 0 Å². The van der Waals surface area contributed by atoms with E-state index in [0.717, 1.165) is 18.4 Å². The van der Waals surface area contributed by atoms with E-state index in [0.29, 0.717) is 16.5 Å². The molecule has 0 aliphatic rings. The molecule has 1 unspecified atom stereocenters. The Bertz CT molecular complexity index is 531. The number of nitrogens with zero attached hydrogens (tertiary/aromatic N) is 1. The highest BCUT2D eigenvalue weighted by atomic mass is 35.5. The average molecular weight is 277 g/mol. The Balaban J connectivity index is 2.10. The van der Waals surface area contributed by atoms with E-state index >= 15 is 0 Å². The highest BCUT2D eigenvalue weighted by Gasteiger charge is 2.07. The first kappa shape index (κ1) is 13.8. The zero-order valence-electron chi connectivity index (χ0n) is 10.8. The van der Waals surface area contributed by atoms with Crippen molar-refractivity contribution in [1.29, 1.82) is 0 Å². The van der Waals surface area contributed by atoms with Gasteiger partial charge in [-0.15, -0.1) is 0 Å². The van der Waals surface area contributed by atoms with Crippen LogP contribution in [-0.2, 0) is 6.42 Å². The molecule has 1 heterocycles. The molecule has 1 atom stereocenters. The van der Waals surface area contributed by atoms with Gasteiger partial charge in [-0.2, -0.15) is 0 Å². The molecule has 0 saturated heterocycles. The smallest absolute Gasteiger partial charge is 0.145 e. The molecule has 0 aliphatic carbocycles. The van der Waals surface area contributed by atoms with Gasteiger partial charge in [-0.3, -0.25) is 4.98 Å². The summed E-state index contributed by atoms with van der Waals surface area (Å²) in [6.07, 6.45) is 5.08. The SMILES string of the molecule is CCC(N)Cc1ccc(Oc2cccnc2)cc1Cl. The van der Waals surface area contributed by atoms with E-state index in [4.69, 9.17) is 22.1 Å². The highest BCUT2D eigenvalue weighted by molar-refractivity contribution is 6.31. The minimum Gasteiger partial charge on any atom is -0.456 e. The maximum absolute atomic E-state index is 6.25. The summed E-state index contributed by atoms with van der Waals surface area (Å²) in [5.41, 5.74) is 6.99. The molecule has 2 N–H and O–H groups in total. The largest absolute Gasteiger partial charge is 0.456 e. The molecule has 0 fully saturated rings. The van der Waals surface area contributed by atoms with E-state index in [1.807, 2.05) is 30.3 Å². The summed E-state index contributed by atoms with van der Waals surface area (Å²) in [5.74, 6) is 1.39. The lowest BCUT2D eigenvalue weighted by Crippen LogP contribution is -2.21. The molecule has 100 valence electrons. The molecule has 0 radical (unpaired) electrons. The van der Waals surface area contributed by atoms with Gasteiger partial charge in [-0.05, 0) is 42.7 Å². The first-order valence-electron chi connectivity index (χ1n) is 6.31. The molecule has 0 amide bonds. The summed E-state index contributed by atoms with van der Waals surface area (Å²) < 4.78 is 5.67. The third-order valence-corrected chi connectivity index (χ3v) is 3.25. The summed E-state index contributed by atoms with van der Waals surface area (Å²) in [5, 5.41) is 0.685. The second kappa shape index (κ2) is 6.55. The summed E-state index contributed by atoms with van der Waals surface area (Å²) in [7, 11) is 0. The van der Waals surface area contributed by atoms with Crippen LogP contribution in [0.2, 0.25) is 5.02 Å². The fourth-order valence-electron chi connectivity index (χ4n) is 1.73. The van der Waals surface area contributed by atoms with Crippen LogP contribution in [0.5, 0.6) is 11.5 Å². The van der Waals surface area contributed by atoms with Crippen LogP contribution < -0.4 is 10.5 Å². The molecule has 0 aliphatic heterocycles. The van der Waals surface area contributed by atoms with Crippen molar-refractivity contribution in [1.82, 2.24) is 4.98 Å². The number of hydrogen-bond donors (Lipinski definition) is 1. The van der Waals surface area contributed by atoms with Crippen LogP contribution in [-0.4, -0.2) is 11.0 Å². The molecular weight excluding hydrogens is 260 g/mol. The number of benzene rings is 1. The van der Waals surface area contributed by atoms with Crippen LogP contribution in [0, 0.1) is 0 Å². The summed E-state index contributed by atoms with van der Waals surface area (Å²) in [6.45, 7) is 2.07. The minimum absolute atomic E-state index is 0.141. The standard InChI is InChI=1S/C15H17ClN2O/c1-2-12(17)8-11-5-6-13(9-15(11)16)19-14-4-3-7-18-10-14/h3-7,9-10,12H,2,8,17H2,1H3. The molecule has 2 rings (SSSR count). The van der Waals surface area contributed by atoms with Crippen LogP contribution in [0.4, 0.5) is 0 Å². The van der Waals surface area contributed by atoms with Gasteiger partial charge in [0.2, 0.25) is 0 Å². The van der Waals surface area contributed by atoms with Crippen molar-refractivity contribution < 1.29 is 4.74 Å². The molecule has 0 saturated carbocycles. The van der Waals surface area contributed by atoms with Crippen LogP contribution in [0.15, 0.2) is 42.7 Å². The highest BCUT2D eigenvalue weighted by Crippen LogP contribution is 2.27. The van der Waals surface area contributed by atoms with E-state index in [9.17, 15) is 0 Å². The Labute approximate surface area is 118 Å². The number of nitrogens with two attached hydrogens (primary N) is 1. The first-order chi connectivity index (χ1) is 9.19. The van der Waals surface area contributed by atoms with Crippen LogP contribution >= 0.6 is 11.6 Å². The van der Waals surface area contributed by atoms with Gasteiger partial charge in [0.15, 0.2) is 0 Å². The zero-order valence-corrected chi connectivity index (χ0v) is 11.6. The van der Waals surface area contributed by atoms with E-state index in [1.165, 1.54) is 0 Å². The van der Waals surface area contributed by atoms with E-state index in [1.54, 1.807) is 12.4 Å². The number of ether oxygens (including phenoxy) is 1. The molecule has 0 spiro atoms. The topological polar surface area (TPSA) is 48.1 Å². The van der Waals surface area contributed by atoms with Gasteiger partial charge in [0.1, 0.15) is 11.5 Å². The lowest BCUT2D eigenvalue weighted by atomic mass is 10.0. The van der Waals surface area contributed by atoms with Crippen molar-refractivity contribution >= 4 is 11.6 Å². The fourth-order valence-corrected chi connectivity index (χ4v) is 1.98. The number of hydrogen-bond acceptors (Lipinski definition) is 3. The van der Waals surface area contributed by atoms with Crippen molar-refractivity contribution in [3.05, 3.63) is 53.3 Å². The average Bonchev–Trinajstić information content (AvgIpc) is 2.43. The van der Waals surface area contributed by atoms with Crippen LogP contribution in [0.1, 0.15) is 18.9 Å². The van der Waals surface area contributed by atoms with Gasteiger partial charge in [0.25, 0.3) is 0 Å². The Hall–Kier alpha value is -1.58. The predicted octanol–water partition coefficient (Wildman–Crippen LogP) is 3.81. The Morgan fingerprint density at radius 2 is 2.16 bits per heavy atom. The monoisotopic (exact) mass is 276 g/mol. The molecule has 4 heteroatoms. The molecule has 0 bridgehead atoms. The summed E-state index contributed by atoms with van der Waals surface area (Å²) in [4.78, 5) is 4.00. The predicted molar refractivity (Wildman–Crippen MR) is 77.7 cm³/mol. The molecule has 3 nitrogen and oxygen atoms in total. The Morgan fingerprint density at radius 3 is 2.79 bits per heavy atom. The van der Waals surface area contributed by atoms with Gasteiger partial charge < -0.3 is 10.5 Å². The Kier molecular flexibility index (Phi) is 4.77. The van der Waals surface area contributed by atoms with Crippen molar-refractivity contribution in [2.45, 2.75) is 25.8 Å². The maximum atomic E-state index is 6.25. The third-order valence-electron chi connectivity index (χ3n) is 2.90. The van der Waals surface area contributed by atoms with Crippen LogP contribution in [0.25, 0.3) is 0 Å². The zero-order chi connectivity index (χ0) is 13.7.